The molecule has 0 unspecified atom stereocenters. The van der Waals surface area contributed by atoms with Crippen LogP contribution in [0.25, 0.3) is 11.3 Å². The highest BCUT2D eigenvalue weighted by Gasteiger charge is 2.30. The van der Waals surface area contributed by atoms with Gasteiger partial charge in [-0.15, -0.1) is 0 Å². The summed E-state index contributed by atoms with van der Waals surface area (Å²) in [6.45, 7) is 0. The third kappa shape index (κ3) is 2.56. The molecule has 0 N–H and O–H groups in total. The molecule has 0 aliphatic heterocycles. The van der Waals surface area contributed by atoms with Crippen molar-refractivity contribution < 1.29 is 18.0 Å². The number of carbonyl (C=O) groups excluding carboxylic acids is 1. The number of halogens is 3. The van der Waals surface area contributed by atoms with Gasteiger partial charge in [0.05, 0.1) is 11.3 Å². The van der Waals surface area contributed by atoms with Crippen LogP contribution < -0.4 is 0 Å². The molecule has 0 saturated carbocycles. The molecule has 1 heterocycles. The fourth-order valence-electron chi connectivity index (χ4n) is 1.53. The lowest BCUT2D eigenvalue weighted by molar-refractivity contribution is -0.137. The lowest BCUT2D eigenvalue weighted by Crippen LogP contribution is -2.04. The second kappa shape index (κ2) is 4.60. The quantitative estimate of drug-likeness (QED) is 0.763. The Labute approximate surface area is 101 Å². The van der Waals surface area contributed by atoms with E-state index in [1.54, 1.807) is 0 Å². The Hall–Kier alpha value is -2.17. The molecule has 2 aromatic rings. The Balaban J connectivity index is 2.47. The molecule has 0 aliphatic rings. The molecule has 0 fully saturated rings. The molecule has 0 radical (unpaired) electrons. The SMILES string of the molecule is O=Cc1ccnc(-c2cccc(C(F)(F)F)c2)c1. The van der Waals surface area contributed by atoms with Gasteiger partial charge < -0.3 is 0 Å². The van der Waals surface area contributed by atoms with E-state index in [1.165, 1.54) is 30.5 Å². The van der Waals surface area contributed by atoms with Crippen molar-refractivity contribution in [2.75, 3.05) is 0 Å². The molecule has 2 nitrogen and oxygen atoms in total. The first-order valence-corrected chi connectivity index (χ1v) is 5.09. The average molecular weight is 251 g/mol. The summed E-state index contributed by atoms with van der Waals surface area (Å²) in [4.78, 5) is 14.6. The Bertz CT molecular complexity index is 578. The molecular formula is C13H8F3NO. The minimum Gasteiger partial charge on any atom is -0.298 e. The average Bonchev–Trinajstić information content (AvgIpc) is 2.38. The van der Waals surface area contributed by atoms with E-state index in [1.807, 2.05) is 0 Å². The highest BCUT2D eigenvalue weighted by molar-refractivity contribution is 5.77. The number of aldehydes is 1. The molecule has 0 amide bonds. The summed E-state index contributed by atoms with van der Waals surface area (Å²) in [5.41, 5.74) is 0.301. The van der Waals surface area contributed by atoms with Crippen molar-refractivity contribution in [2.45, 2.75) is 6.18 Å². The molecule has 0 bridgehead atoms. The summed E-state index contributed by atoms with van der Waals surface area (Å²) in [7, 11) is 0. The van der Waals surface area contributed by atoms with Crippen molar-refractivity contribution in [3.8, 4) is 11.3 Å². The number of carbonyl (C=O) groups is 1. The van der Waals surface area contributed by atoms with Crippen LogP contribution in [0, 0.1) is 0 Å². The van der Waals surface area contributed by atoms with Crippen LogP contribution in [0.3, 0.4) is 0 Å². The monoisotopic (exact) mass is 251 g/mol. The predicted molar refractivity (Wildman–Crippen MR) is 60.1 cm³/mol. The summed E-state index contributed by atoms with van der Waals surface area (Å²) in [5.74, 6) is 0. The minimum atomic E-state index is -4.39. The Morgan fingerprint density at radius 3 is 2.56 bits per heavy atom. The lowest BCUT2D eigenvalue weighted by atomic mass is 10.1. The zero-order valence-electron chi connectivity index (χ0n) is 9.11. The van der Waals surface area contributed by atoms with Gasteiger partial charge >= 0.3 is 6.18 Å². The first kappa shape index (κ1) is 12.3. The maximum atomic E-state index is 12.6. The van der Waals surface area contributed by atoms with E-state index in [2.05, 4.69) is 4.98 Å². The fraction of sp³-hybridized carbons (Fsp3) is 0.0769. The second-order valence-corrected chi connectivity index (χ2v) is 3.67. The summed E-state index contributed by atoms with van der Waals surface area (Å²) >= 11 is 0. The number of rotatable bonds is 2. The number of pyridine rings is 1. The van der Waals surface area contributed by atoms with Crippen LogP contribution in [0.1, 0.15) is 15.9 Å². The van der Waals surface area contributed by atoms with Gasteiger partial charge in [0.2, 0.25) is 0 Å². The Morgan fingerprint density at radius 2 is 1.89 bits per heavy atom. The molecule has 2 rings (SSSR count). The van der Waals surface area contributed by atoms with Crippen LogP contribution in [-0.4, -0.2) is 11.3 Å². The molecule has 18 heavy (non-hydrogen) atoms. The number of aromatic nitrogens is 1. The molecule has 0 spiro atoms. The van der Waals surface area contributed by atoms with E-state index in [-0.39, 0.29) is 0 Å². The van der Waals surface area contributed by atoms with Gasteiger partial charge in [-0.1, -0.05) is 12.1 Å². The van der Waals surface area contributed by atoms with Gasteiger partial charge in [0.25, 0.3) is 0 Å². The third-order valence-electron chi connectivity index (χ3n) is 2.41. The van der Waals surface area contributed by atoms with E-state index in [4.69, 9.17) is 0 Å². The highest BCUT2D eigenvalue weighted by atomic mass is 19.4. The summed E-state index contributed by atoms with van der Waals surface area (Å²) in [6, 6.07) is 7.77. The van der Waals surface area contributed by atoms with Crippen LogP contribution in [-0.2, 0) is 6.18 Å². The second-order valence-electron chi connectivity index (χ2n) is 3.67. The third-order valence-corrected chi connectivity index (χ3v) is 2.41. The largest absolute Gasteiger partial charge is 0.416 e. The number of benzene rings is 1. The van der Waals surface area contributed by atoms with Crippen molar-refractivity contribution in [3.05, 3.63) is 53.7 Å². The number of nitrogens with zero attached hydrogens (tertiary/aromatic N) is 1. The van der Waals surface area contributed by atoms with E-state index < -0.39 is 11.7 Å². The molecule has 0 saturated heterocycles. The fourth-order valence-corrected chi connectivity index (χ4v) is 1.53. The van der Waals surface area contributed by atoms with Crippen LogP contribution in [0.2, 0.25) is 0 Å². The normalized spacial score (nSPS) is 11.3. The lowest BCUT2D eigenvalue weighted by Gasteiger charge is -2.08. The maximum Gasteiger partial charge on any atom is 0.416 e. The predicted octanol–water partition coefficient (Wildman–Crippen LogP) is 3.58. The van der Waals surface area contributed by atoms with Crippen molar-refractivity contribution >= 4 is 6.29 Å². The summed E-state index contributed by atoms with van der Waals surface area (Å²) in [6.07, 6.45) is -2.38. The Morgan fingerprint density at radius 1 is 1.11 bits per heavy atom. The van der Waals surface area contributed by atoms with E-state index in [9.17, 15) is 18.0 Å². The highest BCUT2D eigenvalue weighted by Crippen LogP contribution is 2.31. The molecule has 1 aromatic heterocycles. The summed E-state index contributed by atoms with van der Waals surface area (Å²) < 4.78 is 37.7. The van der Waals surface area contributed by atoms with Gasteiger partial charge in [0.15, 0.2) is 0 Å². The van der Waals surface area contributed by atoms with Crippen LogP contribution in [0.5, 0.6) is 0 Å². The number of hydrogen-bond donors (Lipinski definition) is 0. The molecule has 1 aromatic carbocycles. The van der Waals surface area contributed by atoms with Crippen molar-refractivity contribution in [1.82, 2.24) is 4.98 Å². The zero-order chi connectivity index (χ0) is 13.2. The van der Waals surface area contributed by atoms with Gasteiger partial charge in [-0.25, -0.2) is 0 Å². The van der Waals surface area contributed by atoms with Gasteiger partial charge in [0, 0.05) is 17.3 Å². The van der Waals surface area contributed by atoms with E-state index >= 15 is 0 Å². The summed E-state index contributed by atoms with van der Waals surface area (Å²) in [5, 5.41) is 0. The number of hydrogen-bond acceptors (Lipinski definition) is 2. The number of alkyl halides is 3. The van der Waals surface area contributed by atoms with Gasteiger partial charge in [-0.3, -0.25) is 9.78 Å². The van der Waals surface area contributed by atoms with Crippen LogP contribution in [0.15, 0.2) is 42.6 Å². The van der Waals surface area contributed by atoms with Gasteiger partial charge in [-0.05, 0) is 24.3 Å². The Kier molecular flexibility index (Phi) is 3.14. The van der Waals surface area contributed by atoms with Crippen LogP contribution in [0.4, 0.5) is 13.2 Å². The standard InChI is InChI=1S/C13H8F3NO/c14-13(15,16)11-3-1-2-10(7-11)12-6-9(8-18)4-5-17-12/h1-8H. The van der Waals surface area contributed by atoms with Crippen LogP contribution >= 0.6 is 0 Å². The van der Waals surface area contributed by atoms with Gasteiger partial charge in [0.1, 0.15) is 6.29 Å². The van der Waals surface area contributed by atoms with Crippen molar-refractivity contribution in [3.63, 3.8) is 0 Å². The first-order valence-electron chi connectivity index (χ1n) is 5.09. The van der Waals surface area contributed by atoms with Crippen molar-refractivity contribution in [1.29, 1.82) is 0 Å². The molecule has 0 aliphatic carbocycles. The van der Waals surface area contributed by atoms with E-state index in [0.29, 0.717) is 23.1 Å². The molecule has 92 valence electrons. The molecule has 0 atom stereocenters. The minimum absolute atomic E-state index is 0.327. The first-order chi connectivity index (χ1) is 8.50. The van der Waals surface area contributed by atoms with Crippen molar-refractivity contribution in [2.24, 2.45) is 0 Å². The maximum absolute atomic E-state index is 12.6. The zero-order valence-corrected chi connectivity index (χ0v) is 9.11. The molecule has 5 heteroatoms. The van der Waals surface area contributed by atoms with E-state index in [0.717, 1.165) is 12.1 Å². The van der Waals surface area contributed by atoms with Gasteiger partial charge in [-0.2, -0.15) is 13.2 Å². The topological polar surface area (TPSA) is 30.0 Å². The smallest absolute Gasteiger partial charge is 0.298 e. The molecular weight excluding hydrogens is 243 g/mol.